The van der Waals surface area contributed by atoms with Crippen LogP contribution in [0.3, 0.4) is 0 Å². The molecule has 3 N–H and O–H groups in total. The molecule has 2 saturated heterocycles. The maximum Gasteiger partial charge on any atom is 0.408 e. The number of aliphatic hydroxyl groups is 1. The van der Waals surface area contributed by atoms with Crippen molar-refractivity contribution in [3.05, 3.63) is 102 Å². The molecule has 2 heterocycles. The lowest BCUT2D eigenvalue weighted by Crippen LogP contribution is -2.61. The molecule has 0 aromatic heterocycles. The molecule has 5 rings (SSSR count). The molecule has 0 aliphatic carbocycles. The fraction of sp³-hybridized carbons (Fsp3) is 0.394. The van der Waals surface area contributed by atoms with Crippen molar-refractivity contribution in [1.82, 2.24) is 9.80 Å². The van der Waals surface area contributed by atoms with E-state index >= 15 is 0 Å². The molecular weight excluding hydrogens is 568 g/mol. The van der Waals surface area contributed by atoms with Crippen LogP contribution in [0.25, 0.3) is 0 Å². The summed E-state index contributed by atoms with van der Waals surface area (Å²) in [4.78, 5) is 29.4. The summed E-state index contributed by atoms with van der Waals surface area (Å²) in [7, 11) is 0. The van der Waals surface area contributed by atoms with E-state index in [1.807, 2.05) is 91.0 Å². The van der Waals surface area contributed by atoms with Gasteiger partial charge in [-0.1, -0.05) is 90.6 Å². The SMILES string of the molecule is O=C(O)N(Cc1ccccc1)C(Sc1ccccc1)C(O)CN(C(=O)O)C(c1ccccc1)([C@@H]1CCOC1)[C@@H]1CCOC1. The largest absolute Gasteiger partial charge is 0.465 e. The lowest BCUT2D eigenvalue weighted by Gasteiger charge is -2.51. The van der Waals surface area contributed by atoms with Crippen molar-refractivity contribution >= 4 is 23.9 Å². The third-order valence-electron chi connectivity index (χ3n) is 8.47. The van der Waals surface area contributed by atoms with Gasteiger partial charge in [-0.15, -0.1) is 0 Å². The number of ether oxygens (including phenoxy) is 2. The van der Waals surface area contributed by atoms with E-state index in [2.05, 4.69) is 0 Å². The topological polar surface area (TPSA) is 120 Å². The molecule has 0 radical (unpaired) electrons. The van der Waals surface area contributed by atoms with Gasteiger partial charge in [0, 0.05) is 29.9 Å². The zero-order valence-electron chi connectivity index (χ0n) is 23.9. The Labute approximate surface area is 256 Å². The monoisotopic (exact) mass is 606 g/mol. The molecule has 0 spiro atoms. The van der Waals surface area contributed by atoms with Gasteiger partial charge in [-0.25, -0.2) is 9.59 Å². The number of rotatable bonds is 12. The Balaban J connectivity index is 1.57. The van der Waals surface area contributed by atoms with Crippen molar-refractivity contribution in [3.63, 3.8) is 0 Å². The molecular formula is C33H38N2O7S. The summed E-state index contributed by atoms with van der Waals surface area (Å²) in [5.74, 6) is -0.352. The zero-order chi connectivity index (χ0) is 30.2. The van der Waals surface area contributed by atoms with E-state index in [1.165, 1.54) is 21.6 Å². The van der Waals surface area contributed by atoms with Crippen molar-refractivity contribution in [2.45, 2.75) is 41.3 Å². The number of amides is 2. The summed E-state index contributed by atoms with van der Waals surface area (Å²) in [6.07, 6.45) is -2.45. The molecule has 2 aliphatic heterocycles. The van der Waals surface area contributed by atoms with Gasteiger partial charge in [-0.05, 0) is 36.1 Å². The van der Waals surface area contributed by atoms with Crippen molar-refractivity contribution < 1.29 is 34.4 Å². The highest BCUT2D eigenvalue weighted by molar-refractivity contribution is 8.00. The first kappa shape index (κ1) is 30.9. The number of carboxylic acid groups (broad SMARTS) is 2. The van der Waals surface area contributed by atoms with Crippen LogP contribution in [-0.4, -0.2) is 81.8 Å². The maximum atomic E-state index is 13.3. The van der Waals surface area contributed by atoms with Gasteiger partial charge >= 0.3 is 12.2 Å². The van der Waals surface area contributed by atoms with Crippen molar-refractivity contribution in [1.29, 1.82) is 0 Å². The summed E-state index contributed by atoms with van der Waals surface area (Å²) in [5, 5.41) is 32.3. The number of hydrogen-bond donors (Lipinski definition) is 3. The molecule has 3 aromatic rings. The number of nitrogens with zero attached hydrogens (tertiary/aromatic N) is 2. The molecule has 43 heavy (non-hydrogen) atoms. The van der Waals surface area contributed by atoms with Gasteiger partial charge in [0.2, 0.25) is 0 Å². The highest BCUT2D eigenvalue weighted by atomic mass is 32.2. The van der Waals surface area contributed by atoms with E-state index in [0.717, 1.165) is 16.0 Å². The normalized spacial score (nSPS) is 19.9. The Morgan fingerprint density at radius 2 is 1.35 bits per heavy atom. The molecule has 3 aromatic carbocycles. The molecule has 2 fully saturated rings. The van der Waals surface area contributed by atoms with Crippen LogP contribution in [0.2, 0.25) is 0 Å². The highest BCUT2D eigenvalue weighted by Crippen LogP contribution is 2.49. The van der Waals surface area contributed by atoms with Crippen molar-refractivity contribution in [3.8, 4) is 0 Å². The third-order valence-corrected chi connectivity index (χ3v) is 9.82. The van der Waals surface area contributed by atoms with Crippen LogP contribution in [0.1, 0.15) is 24.0 Å². The van der Waals surface area contributed by atoms with Gasteiger partial charge in [0.15, 0.2) is 0 Å². The van der Waals surface area contributed by atoms with Crippen LogP contribution in [0.5, 0.6) is 0 Å². The lowest BCUT2D eigenvalue weighted by molar-refractivity contribution is -0.0449. The van der Waals surface area contributed by atoms with Gasteiger partial charge in [-0.2, -0.15) is 0 Å². The smallest absolute Gasteiger partial charge is 0.408 e. The first-order valence-corrected chi connectivity index (χ1v) is 15.4. The van der Waals surface area contributed by atoms with E-state index in [0.29, 0.717) is 39.3 Å². The van der Waals surface area contributed by atoms with Gasteiger partial charge in [-0.3, -0.25) is 9.80 Å². The van der Waals surface area contributed by atoms with Crippen LogP contribution in [0.4, 0.5) is 9.59 Å². The first-order valence-electron chi connectivity index (χ1n) is 14.6. The van der Waals surface area contributed by atoms with Gasteiger partial charge in [0.1, 0.15) is 11.5 Å². The second kappa shape index (κ2) is 14.3. The molecule has 10 heteroatoms. The molecule has 0 bridgehead atoms. The highest BCUT2D eigenvalue weighted by Gasteiger charge is 2.55. The fourth-order valence-corrected chi connectivity index (χ4v) is 7.70. The average Bonchev–Trinajstić information content (AvgIpc) is 3.76. The molecule has 2 unspecified atom stereocenters. The molecule has 4 atom stereocenters. The van der Waals surface area contributed by atoms with Crippen LogP contribution in [-0.2, 0) is 21.6 Å². The Morgan fingerprint density at radius 3 is 1.84 bits per heavy atom. The number of benzene rings is 3. The minimum atomic E-state index is -1.37. The quantitative estimate of drug-likeness (QED) is 0.180. The fourth-order valence-electron chi connectivity index (χ4n) is 6.57. The van der Waals surface area contributed by atoms with Crippen LogP contribution >= 0.6 is 11.8 Å². The zero-order valence-corrected chi connectivity index (χ0v) is 24.7. The van der Waals surface area contributed by atoms with E-state index in [9.17, 15) is 24.9 Å². The number of thioether (sulfide) groups is 1. The average molecular weight is 607 g/mol. The Hall–Kier alpha value is -3.57. The summed E-state index contributed by atoms with van der Waals surface area (Å²) < 4.78 is 11.7. The molecule has 9 nitrogen and oxygen atoms in total. The number of aliphatic hydroxyl groups excluding tert-OH is 1. The summed E-state index contributed by atoms with van der Waals surface area (Å²) in [5.41, 5.74) is 0.536. The standard InChI is InChI=1S/C33H38N2O7S/c36-29(30(43-28-14-8-3-9-15-28)34(31(37)38)20-24-10-4-1-5-11-24)21-35(32(39)40)33(26-16-18-41-22-26,27-17-19-42-23-27)25-12-6-2-7-13-25/h1-15,26-27,29-30,36H,16-23H2,(H,37,38)(H,39,40)/t26-,27-,29?,30?/m1/s1. The van der Waals surface area contributed by atoms with Crippen molar-refractivity contribution in [2.24, 2.45) is 11.8 Å². The van der Waals surface area contributed by atoms with E-state index < -0.39 is 29.2 Å². The van der Waals surface area contributed by atoms with Crippen LogP contribution in [0, 0.1) is 11.8 Å². The Bertz CT molecular complexity index is 1300. The third kappa shape index (κ3) is 6.83. The van der Waals surface area contributed by atoms with Gasteiger partial charge in [0.05, 0.1) is 31.8 Å². The van der Waals surface area contributed by atoms with Gasteiger partial charge < -0.3 is 24.8 Å². The van der Waals surface area contributed by atoms with Crippen molar-refractivity contribution in [2.75, 3.05) is 33.0 Å². The summed E-state index contributed by atoms with van der Waals surface area (Å²) in [6.45, 7) is 1.51. The predicted molar refractivity (Wildman–Crippen MR) is 163 cm³/mol. The van der Waals surface area contributed by atoms with E-state index in [1.54, 1.807) is 0 Å². The van der Waals surface area contributed by atoms with E-state index in [-0.39, 0.29) is 24.9 Å². The maximum absolute atomic E-state index is 13.3. The molecule has 2 aliphatic rings. The molecule has 0 saturated carbocycles. The lowest BCUT2D eigenvalue weighted by atomic mass is 9.67. The van der Waals surface area contributed by atoms with E-state index in [4.69, 9.17) is 9.47 Å². The first-order chi connectivity index (χ1) is 20.9. The number of carbonyl (C=O) groups is 2. The Kier molecular flexibility index (Phi) is 10.2. The Morgan fingerprint density at radius 1 is 0.814 bits per heavy atom. The van der Waals surface area contributed by atoms with Crippen LogP contribution in [0.15, 0.2) is 95.9 Å². The molecule has 2 amide bonds. The molecule has 228 valence electrons. The predicted octanol–water partition coefficient (Wildman–Crippen LogP) is 5.59. The summed E-state index contributed by atoms with van der Waals surface area (Å²) in [6, 6.07) is 28.0. The minimum Gasteiger partial charge on any atom is -0.465 e. The minimum absolute atomic E-state index is 0.0293. The number of hydrogen-bond acceptors (Lipinski definition) is 6. The summed E-state index contributed by atoms with van der Waals surface area (Å²) >= 11 is 1.20. The second-order valence-electron chi connectivity index (χ2n) is 11.0. The van der Waals surface area contributed by atoms with Crippen LogP contribution < -0.4 is 0 Å². The second-order valence-corrected chi connectivity index (χ2v) is 12.2. The van der Waals surface area contributed by atoms with Gasteiger partial charge in [0.25, 0.3) is 0 Å².